The minimum atomic E-state index is -0.0933. The zero-order valence-corrected chi connectivity index (χ0v) is 11.8. The molecule has 0 spiro atoms. The second-order valence-electron chi connectivity index (χ2n) is 4.70. The number of nitrogens with zero attached hydrogens (tertiary/aromatic N) is 3. The number of carbonyl (C=O) groups is 1. The molecule has 20 heavy (non-hydrogen) atoms. The van der Waals surface area contributed by atoms with Crippen molar-refractivity contribution in [2.45, 2.75) is 12.8 Å². The molecule has 6 heteroatoms. The molecule has 0 radical (unpaired) electrons. The van der Waals surface area contributed by atoms with Crippen LogP contribution in [0.2, 0.25) is 0 Å². The third-order valence-electron chi connectivity index (χ3n) is 2.86. The summed E-state index contributed by atoms with van der Waals surface area (Å²) in [6.07, 6.45) is 7.09. The van der Waals surface area contributed by atoms with Gasteiger partial charge in [0.05, 0.1) is 0 Å². The predicted octanol–water partition coefficient (Wildman–Crippen LogP) is 1.55. The van der Waals surface area contributed by atoms with Crippen molar-refractivity contribution in [3.63, 3.8) is 0 Å². The van der Waals surface area contributed by atoms with Gasteiger partial charge in [-0.3, -0.25) is 9.78 Å². The Hall–Kier alpha value is -2.37. The number of aryl methyl sites for hydroxylation is 1. The maximum absolute atomic E-state index is 11.8. The number of hydrogen-bond donors (Lipinski definition) is 2. The predicted molar refractivity (Wildman–Crippen MR) is 77.7 cm³/mol. The first kappa shape index (κ1) is 14.0. The molecule has 2 rings (SSSR count). The van der Waals surface area contributed by atoms with Gasteiger partial charge < -0.3 is 15.2 Å². The highest BCUT2D eigenvalue weighted by atomic mass is 16.2. The number of H-pyrrole nitrogens is 1. The Labute approximate surface area is 118 Å². The van der Waals surface area contributed by atoms with Crippen molar-refractivity contribution in [2.24, 2.45) is 0 Å². The SMILES string of the molecule is CN(C)C(=O)c1cc(NCCCc2ncc[nH]2)ccn1. The fourth-order valence-electron chi connectivity index (χ4n) is 1.81. The van der Waals surface area contributed by atoms with Crippen LogP contribution in [-0.2, 0) is 6.42 Å². The molecule has 2 aromatic heterocycles. The molecule has 106 valence electrons. The second kappa shape index (κ2) is 6.70. The van der Waals surface area contributed by atoms with Crippen LogP contribution in [0.1, 0.15) is 22.7 Å². The van der Waals surface area contributed by atoms with Crippen LogP contribution in [0.4, 0.5) is 5.69 Å². The maximum atomic E-state index is 11.8. The van der Waals surface area contributed by atoms with Crippen LogP contribution in [0.3, 0.4) is 0 Å². The van der Waals surface area contributed by atoms with E-state index in [1.54, 1.807) is 32.6 Å². The number of amides is 1. The highest BCUT2D eigenvalue weighted by Crippen LogP contribution is 2.09. The summed E-state index contributed by atoms with van der Waals surface area (Å²) in [5.74, 6) is 0.897. The average molecular weight is 273 g/mol. The third-order valence-corrected chi connectivity index (χ3v) is 2.86. The first-order chi connectivity index (χ1) is 9.66. The zero-order chi connectivity index (χ0) is 14.4. The van der Waals surface area contributed by atoms with Crippen molar-refractivity contribution >= 4 is 11.6 Å². The molecule has 0 aromatic carbocycles. The van der Waals surface area contributed by atoms with Crippen LogP contribution in [0.5, 0.6) is 0 Å². The molecule has 0 saturated carbocycles. The summed E-state index contributed by atoms with van der Waals surface area (Å²) >= 11 is 0. The van der Waals surface area contributed by atoms with Crippen LogP contribution >= 0.6 is 0 Å². The Morgan fingerprint density at radius 3 is 2.90 bits per heavy atom. The van der Waals surface area contributed by atoms with E-state index in [-0.39, 0.29) is 5.91 Å². The zero-order valence-electron chi connectivity index (χ0n) is 11.8. The number of imidazole rings is 1. The van der Waals surface area contributed by atoms with Crippen molar-refractivity contribution in [1.82, 2.24) is 19.9 Å². The number of pyridine rings is 1. The van der Waals surface area contributed by atoms with E-state index in [0.29, 0.717) is 5.69 Å². The number of aromatic nitrogens is 3. The summed E-state index contributed by atoms with van der Waals surface area (Å²) < 4.78 is 0. The van der Waals surface area contributed by atoms with E-state index in [2.05, 4.69) is 20.3 Å². The first-order valence-electron chi connectivity index (χ1n) is 6.56. The molecular weight excluding hydrogens is 254 g/mol. The van der Waals surface area contributed by atoms with E-state index in [0.717, 1.165) is 30.9 Å². The minimum Gasteiger partial charge on any atom is -0.385 e. The smallest absolute Gasteiger partial charge is 0.272 e. The lowest BCUT2D eigenvalue weighted by Gasteiger charge is -2.11. The van der Waals surface area contributed by atoms with Gasteiger partial charge in [0.25, 0.3) is 5.91 Å². The van der Waals surface area contributed by atoms with E-state index in [1.807, 2.05) is 12.3 Å². The van der Waals surface area contributed by atoms with E-state index in [4.69, 9.17) is 0 Å². The Balaban J connectivity index is 1.84. The first-order valence-corrected chi connectivity index (χ1v) is 6.56. The van der Waals surface area contributed by atoms with E-state index < -0.39 is 0 Å². The van der Waals surface area contributed by atoms with E-state index in [1.165, 1.54) is 4.90 Å². The summed E-state index contributed by atoms with van der Waals surface area (Å²) in [7, 11) is 3.43. The molecule has 2 aromatic rings. The second-order valence-corrected chi connectivity index (χ2v) is 4.70. The van der Waals surface area contributed by atoms with Crippen LogP contribution in [0.25, 0.3) is 0 Å². The molecule has 2 N–H and O–H groups in total. The van der Waals surface area contributed by atoms with Gasteiger partial charge in [-0.15, -0.1) is 0 Å². The van der Waals surface area contributed by atoms with Gasteiger partial charge in [0.15, 0.2) is 0 Å². The van der Waals surface area contributed by atoms with E-state index >= 15 is 0 Å². The summed E-state index contributed by atoms with van der Waals surface area (Å²) in [5.41, 5.74) is 1.36. The topological polar surface area (TPSA) is 73.9 Å². The van der Waals surface area contributed by atoms with Crippen LogP contribution in [0.15, 0.2) is 30.7 Å². The van der Waals surface area contributed by atoms with Crippen LogP contribution in [0, 0.1) is 0 Å². The fraction of sp³-hybridized carbons (Fsp3) is 0.357. The number of carbonyl (C=O) groups excluding carboxylic acids is 1. The van der Waals surface area contributed by atoms with Crippen LogP contribution in [-0.4, -0.2) is 46.4 Å². The molecule has 0 atom stereocenters. The Morgan fingerprint density at radius 2 is 2.20 bits per heavy atom. The highest BCUT2D eigenvalue weighted by molar-refractivity contribution is 5.92. The van der Waals surface area contributed by atoms with Gasteiger partial charge in [-0.1, -0.05) is 0 Å². The number of nitrogens with one attached hydrogen (secondary N) is 2. The lowest BCUT2D eigenvalue weighted by molar-refractivity contribution is 0.0822. The van der Waals surface area contributed by atoms with Crippen molar-refractivity contribution in [3.05, 3.63) is 42.2 Å². The normalized spacial score (nSPS) is 10.3. The summed E-state index contributed by atoms with van der Waals surface area (Å²) in [6, 6.07) is 3.63. The lowest BCUT2D eigenvalue weighted by Crippen LogP contribution is -2.22. The van der Waals surface area contributed by atoms with Crippen molar-refractivity contribution in [3.8, 4) is 0 Å². The molecule has 0 aliphatic heterocycles. The summed E-state index contributed by atoms with van der Waals surface area (Å²) in [4.78, 5) is 24.7. The van der Waals surface area contributed by atoms with Crippen molar-refractivity contribution in [2.75, 3.05) is 26.0 Å². The lowest BCUT2D eigenvalue weighted by atomic mass is 10.2. The molecule has 6 nitrogen and oxygen atoms in total. The number of anilines is 1. The molecule has 0 aliphatic rings. The van der Waals surface area contributed by atoms with Crippen molar-refractivity contribution in [1.29, 1.82) is 0 Å². The van der Waals surface area contributed by atoms with Gasteiger partial charge in [-0.25, -0.2) is 4.98 Å². The molecule has 0 unspecified atom stereocenters. The summed E-state index contributed by atoms with van der Waals surface area (Å²) in [6.45, 7) is 0.820. The fourth-order valence-corrected chi connectivity index (χ4v) is 1.81. The minimum absolute atomic E-state index is 0.0933. The average Bonchev–Trinajstić information content (AvgIpc) is 2.96. The van der Waals surface area contributed by atoms with E-state index in [9.17, 15) is 4.79 Å². The largest absolute Gasteiger partial charge is 0.385 e. The van der Waals surface area contributed by atoms with Gasteiger partial charge in [0.2, 0.25) is 0 Å². The standard InChI is InChI=1S/C14H19N5O/c1-19(2)14(20)12-10-11(5-7-16-12)15-6-3-4-13-17-8-9-18-13/h5,7-10H,3-4,6H2,1-2H3,(H,15,16)(H,17,18). The number of rotatable bonds is 6. The maximum Gasteiger partial charge on any atom is 0.272 e. The molecule has 0 saturated heterocycles. The third kappa shape index (κ3) is 3.81. The van der Waals surface area contributed by atoms with Gasteiger partial charge >= 0.3 is 0 Å². The molecule has 0 bridgehead atoms. The Morgan fingerprint density at radius 1 is 1.35 bits per heavy atom. The molecular formula is C14H19N5O. The molecule has 0 fully saturated rings. The Kier molecular flexibility index (Phi) is 4.70. The van der Waals surface area contributed by atoms with Gasteiger partial charge in [-0.05, 0) is 18.6 Å². The highest BCUT2D eigenvalue weighted by Gasteiger charge is 2.09. The van der Waals surface area contributed by atoms with Gasteiger partial charge in [0.1, 0.15) is 11.5 Å². The van der Waals surface area contributed by atoms with Gasteiger partial charge in [-0.2, -0.15) is 0 Å². The summed E-state index contributed by atoms with van der Waals surface area (Å²) in [5, 5.41) is 3.29. The van der Waals surface area contributed by atoms with Crippen LogP contribution < -0.4 is 5.32 Å². The monoisotopic (exact) mass is 273 g/mol. The number of hydrogen-bond acceptors (Lipinski definition) is 4. The molecule has 2 heterocycles. The van der Waals surface area contributed by atoms with Gasteiger partial charge in [0, 0.05) is 51.3 Å². The van der Waals surface area contributed by atoms with Crippen molar-refractivity contribution < 1.29 is 4.79 Å². The number of aromatic amines is 1. The molecule has 0 aliphatic carbocycles. The molecule has 1 amide bonds. The quantitative estimate of drug-likeness (QED) is 0.783. The Bertz CT molecular complexity index is 550.